The van der Waals surface area contributed by atoms with Crippen LogP contribution < -0.4 is 10.6 Å². The van der Waals surface area contributed by atoms with Crippen LogP contribution in [0.1, 0.15) is 95.2 Å². The Morgan fingerprint density at radius 1 is 0.516 bits per heavy atom. The molecule has 2 amide bonds. The van der Waals surface area contributed by atoms with Gasteiger partial charge in [-0.3, -0.25) is 9.59 Å². The maximum atomic E-state index is 12.9. The lowest BCUT2D eigenvalue weighted by molar-refractivity contribution is -0.110. The summed E-state index contributed by atoms with van der Waals surface area (Å²) in [5.41, 5.74) is 5.87. The van der Waals surface area contributed by atoms with Crippen LogP contribution in [0.5, 0.6) is 34.5 Å². The van der Waals surface area contributed by atoms with E-state index in [9.17, 15) is 40.2 Å². The standard InChI is InChI=1S/C48H44N6O8/c1-19(2)33-27-15-23(7)35(43(57)37(27)29(41(55)45(33)59)17-49-53-39-25-13-21(5)9-11-31(25)51-47(39)61)36-24(8)16-28-34(20(3)4)46(60)42(56)30(38(28)44(36)58)18-50-54-40-26-14-22(6)10-12-32(26)52-48(40)62/h9-20,55-60H,1-8H3,(H,51,53,61)(H,52,54,62)/b49-17+,50-18+. The van der Waals surface area contributed by atoms with Crippen molar-refractivity contribution in [1.82, 2.24) is 0 Å². The summed E-state index contributed by atoms with van der Waals surface area (Å²) in [5, 5.41) is 94.0. The van der Waals surface area contributed by atoms with E-state index < -0.39 is 34.8 Å². The van der Waals surface area contributed by atoms with Crippen molar-refractivity contribution in [3.63, 3.8) is 0 Å². The van der Waals surface area contributed by atoms with Gasteiger partial charge in [0.25, 0.3) is 11.8 Å². The second-order valence-electron chi connectivity index (χ2n) is 16.4. The molecule has 0 saturated heterocycles. The first-order chi connectivity index (χ1) is 29.4. The molecule has 0 aromatic heterocycles. The van der Waals surface area contributed by atoms with Crippen molar-refractivity contribution in [2.75, 3.05) is 10.6 Å². The van der Waals surface area contributed by atoms with Gasteiger partial charge in [0.15, 0.2) is 34.4 Å². The molecule has 2 aliphatic rings. The molecule has 8 N–H and O–H groups in total. The van der Waals surface area contributed by atoms with E-state index in [1.807, 2.05) is 53.7 Å². The number of aromatic hydroxyl groups is 6. The molecule has 6 aromatic rings. The van der Waals surface area contributed by atoms with E-state index in [1.165, 1.54) is 0 Å². The summed E-state index contributed by atoms with van der Waals surface area (Å²) in [6.45, 7) is 14.5. The highest BCUT2D eigenvalue weighted by molar-refractivity contribution is 6.54. The Kier molecular flexibility index (Phi) is 9.97. The van der Waals surface area contributed by atoms with Crippen LogP contribution in [-0.2, 0) is 9.59 Å². The molecule has 0 bridgehead atoms. The zero-order valence-corrected chi connectivity index (χ0v) is 35.2. The summed E-state index contributed by atoms with van der Waals surface area (Å²) in [6.07, 6.45) is 2.30. The number of aryl methyl sites for hydroxylation is 4. The molecule has 0 aliphatic carbocycles. The van der Waals surface area contributed by atoms with Gasteiger partial charge in [-0.05, 0) is 85.7 Å². The lowest BCUT2D eigenvalue weighted by atomic mass is 9.83. The van der Waals surface area contributed by atoms with E-state index in [2.05, 4.69) is 31.0 Å². The Morgan fingerprint density at radius 3 is 1.24 bits per heavy atom. The van der Waals surface area contributed by atoms with Crippen LogP contribution in [0.3, 0.4) is 0 Å². The van der Waals surface area contributed by atoms with E-state index in [1.54, 1.807) is 50.2 Å². The molecule has 0 fully saturated rings. The number of hydrogen-bond acceptors (Lipinski definition) is 12. The Bertz CT molecular complexity index is 2920. The van der Waals surface area contributed by atoms with Gasteiger partial charge in [0.1, 0.15) is 11.5 Å². The smallest absolute Gasteiger partial charge is 0.276 e. The Balaban J connectivity index is 1.37. The van der Waals surface area contributed by atoms with E-state index in [0.29, 0.717) is 55.5 Å². The zero-order chi connectivity index (χ0) is 44.6. The van der Waals surface area contributed by atoms with Crippen LogP contribution in [0.15, 0.2) is 68.9 Å². The van der Waals surface area contributed by atoms with E-state index >= 15 is 0 Å². The molecule has 0 atom stereocenters. The highest BCUT2D eigenvalue weighted by Crippen LogP contribution is 2.54. The number of nitrogens with zero attached hydrogens (tertiary/aromatic N) is 4. The predicted molar refractivity (Wildman–Crippen MR) is 242 cm³/mol. The molecule has 0 saturated carbocycles. The molecule has 0 spiro atoms. The number of benzene rings is 6. The van der Waals surface area contributed by atoms with Gasteiger partial charge in [-0.15, -0.1) is 10.2 Å². The van der Waals surface area contributed by atoms with Crippen LogP contribution >= 0.6 is 0 Å². The van der Waals surface area contributed by atoms with Crippen LogP contribution in [0, 0.1) is 27.7 Å². The van der Waals surface area contributed by atoms with Gasteiger partial charge < -0.3 is 41.3 Å². The van der Waals surface area contributed by atoms with E-state index in [4.69, 9.17) is 0 Å². The average molecular weight is 833 g/mol. The molecule has 314 valence electrons. The highest BCUT2D eigenvalue weighted by Gasteiger charge is 2.31. The first-order valence-corrected chi connectivity index (χ1v) is 20.0. The largest absolute Gasteiger partial charge is 0.507 e. The van der Waals surface area contributed by atoms with Gasteiger partial charge in [-0.2, -0.15) is 10.2 Å². The number of carbonyl (C=O) groups is 2. The average Bonchev–Trinajstić information content (AvgIpc) is 3.68. The fourth-order valence-corrected chi connectivity index (χ4v) is 8.64. The number of nitrogens with one attached hydrogen (secondary N) is 2. The third kappa shape index (κ3) is 6.42. The third-order valence-electron chi connectivity index (χ3n) is 11.5. The summed E-state index contributed by atoms with van der Waals surface area (Å²) in [7, 11) is 0. The van der Waals surface area contributed by atoms with Gasteiger partial charge in [0.2, 0.25) is 0 Å². The highest BCUT2D eigenvalue weighted by atomic mass is 16.3. The number of carbonyl (C=O) groups excluding carboxylic acids is 2. The van der Waals surface area contributed by atoms with Gasteiger partial charge in [0.05, 0.1) is 34.9 Å². The van der Waals surface area contributed by atoms with Crippen LogP contribution in [0.2, 0.25) is 0 Å². The number of phenolic OH excluding ortho intramolecular Hbond substituents is 6. The number of amides is 2. The SMILES string of the molecule is Cc1ccc2c(c1)/C(=N/N=C/c1c(O)c(O)c(C(C)C)c3cc(C)c(-c4c(C)cc5c(C(C)C)c(O)c(O)c(/C=N/N=C6/C(=O)Nc7ccc(C)cc76)c5c4O)c(O)c13)C(=O)N2. The van der Waals surface area contributed by atoms with Gasteiger partial charge >= 0.3 is 0 Å². The molecule has 62 heavy (non-hydrogen) atoms. The summed E-state index contributed by atoms with van der Waals surface area (Å²) >= 11 is 0. The van der Waals surface area contributed by atoms with Crippen molar-refractivity contribution >= 4 is 68.6 Å². The minimum atomic E-state index is -0.586. The second-order valence-corrected chi connectivity index (χ2v) is 16.4. The minimum absolute atomic E-state index is 0.0384. The van der Waals surface area contributed by atoms with E-state index in [-0.39, 0.29) is 67.8 Å². The predicted octanol–water partition coefficient (Wildman–Crippen LogP) is 8.92. The monoisotopic (exact) mass is 832 g/mol. The molecule has 6 aromatic carbocycles. The summed E-state index contributed by atoms with van der Waals surface area (Å²) in [4.78, 5) is 25.7. The van der Waals surface area contributed by atoms with Crippen molar-refractivity contribution < 1.29 is 40.2 Å². The summed E-state index contributed by atoms with van der Waals surface area (Å²) < 4.78 is 0. The molecule has 14 nitrogen and oxygen atoms in total. The normalized spacial score (nSPS) is 15.1. The maximum absolute atomic E-state index is 12.9. The minimum Gasteiger partial charge on any atom is -0.507 e. The molecule has 14 heteroatoms. The van der Waals surface area contributed by atoms with Crippen LogP contribution in [-0.4, -0.2) is 66.3 Å². The topological polar surface area (TPSA) is 229 Å². The lowest BCUT2D eigenvalue weighted by Crippen LogP contribution is -2.13. The van der Waals surface area contributed by atoms with Crippen molar-refractivity contribution in [2.45, 2.75) is 67.2 Å². The van der Waals surface area contributed by atoms with Gasteiger partial charge in [-0.25, -0.2) is 0 Å². The number of fused-ring (bicyclic) bond motifs is 4. The lowest BCUT2D eigenvalue weighted by Gasteiger charge is -2.23. The maximum Gasteiger partial charge on any atom is 0.276 e. The van der Waals surface area contributed by atoms with E-state index in [0.717, 1.165) is 23.6 Å². The number of hydrogen-bond donors (Lipinski definition) is 8. The first-order valence-electron chi connectivity index (χ1n) is 20.0. The summed E-state index contributed by atoms with van der Waals surface area (Å²) in [5.74, 6) is -4.38. The van der Waals surface area contributed by atoms with Crippen molar-refractivity contribution in [3.05, 3.63) is 104 Å². The Labute approximate surface area is 356 Å². The number of anilines is 2. The summed E-state index contributed by atoms with van der Waals surface area (Å²) in [6, 6.07) is 14.3. The van der Waals surface area contributed by atoms with Crippen LogP contribution in [0.25, 0.3) is 32.7 Å². The molecular weight excluding hydrogens is 789 g/mol. The van der Waals surface area contributed by atoms with Crippen LogP contribution in [0.4, 0.5) is 11.4 Å². The van der Waals surface area contributed by atoms with Crippen molar-refractivity contribution in [1.29, 1.82) is 0 Å². The Morgan fingerprint density at radius 2 is 0.887 bits per heavy atom. The molecule has 2 aliphatic heterocycles. The zero-order valence-electron chi connectivity index (χ0n) is 35.2. The first kappa shape index (κ1) is 41.0. The van der Waals surface area contributed by atoms with Crippen molar-refractivity contribution in [2.24, 2.45) is 20.4 Å². The quantitative estimate of drug-likeness (QED) is 0.0439. The second kappa shape index (κ2) is 15.1. The van der Waals surface area contributed by atoms with Gasteiger partial charge in [0, 0.05) is 44.2 Å². The fourth-order valence-electron chi connectivity index (χ4n) is 8.64. The number of phenols is 6. The molecule has 0 radical (unpaired) electrons. The molecule has 2 heterocycles. The van der Waals surface area contributed by atoms with Crippen molar-refractivity contribution in [3.8, 4) is 45.6 Å². The fraction of sp³-hybridized carbons (Fsp3) is 0.208. The molecule has 0 unspecified atom stereocenters. The Hall–Kier alpha value is -7.74. The molecular formula is C48H44N6O8. The third-order valence-corrected chi connectivity index (χ3v) is 11.5. The van der Waals surface area contributed by atoms with Gasteiger partial charge in [-0.1, -0.05) is 63.1 Å². The molecule has 8 rings (SSSR count). The number of rotatable bonds is 7.